The summed E-state index contributed by atoms with van der Waals surface area (Å²) in [5.41, 5.74) is 6.22. The molecule has 2 aromatic rings. The second-order valence-corrected chi connectivity index (χ2v) is 4.37. The van der Waals surface area contributed by atoms with Gasteiger partial charge in [0.25, 0.3) is 5.69 Å². The highest BCUT2D eigenvalue weighted by molar-refractivity contribution is 5.52. The molecule has 0 amide bonds. The van der Waals surface area contributed by atoms with E-state index in [9.17, 15) is 18.9 Å². The number of non-ortho nitro benzene ring substituents is 1. The summed E-state index contributed by atoms with van der Waals surface area (Å²) in [6.45, 7) is 0.474. The van der Waals surface area contributed by atoms with E-state index in [4.69, 9.17) is 5.73 Å². The number of nitro benzene ring substituents is 1. The minimum Gasteiger partial charge on any atom is -0.376 e. The molecule has 0 saturated carbocycles. The van der Waals surface area contributed by atoms with Crippen LogP contribution >= 0.6 is 0 Å². The van der Waals surface area contributed by atoms with Gasteiger partial charge in [-0.2, -0.15) is 0 Å². The van der Waals surface area contributed by atoms with Gasteiger partial charge in [-0.3, -0.25) is 10.1 Å². The summed E-state index contributed by atoms with van der Waals surface area (Å²) in [5.74, 6) is -2.01. The van der Waals surface area contributed by atoms with Crippen LogP contribution in [-0.4, -0.2) is 4.92 Å². The molecule has 0 radical (unpaired) electrons. The van der Waals surface area contributed by atoms with Crippen LogP contribution in [-0.2, 0) is 13.1 Å². The van der Waals surface area contributed by atoms with Crippen molar-refractivity contribution in [2.45, 2.75) is 13.1 Å². The van der Waals surface area contributed by atoms with Crippen LogP contribution in [0.3, 0.4) is 0 Å². The standard InChI is InChI=1S/C14H13F2N3O2/c15-12-5-11(19(20)21)6-13(16)14(12)18-8-10-4-2-1-3-9(10)7-17/h1-6,18H,7-8,17H2. The molecule has 0 heterocycles. The summed E-state index contributed by atoms with van der Waals surface area (Å²) in [6, 6.07) is 8.58. The second-order valence-electron chi connectivity index (χ2n) is 4.37. The van der Waals surface area contributed by atoms with E-state index in [1.165, 1.54) is 0 Å². The lowest BCUT2D eigenvalue weighted by Crippen LogP contribution is -2.08. The molecule has 0 bridgehead atoms. The predicted molar refractivity (Wildman–Crippen MR) is 74.7 cm³/mol. The zero-order valence-electron chi connectivity index (χ0n) is 11.0. The first-order chi connectivity index (χ1) is 10.0. The highest BCUT2D eigenvalue weighted by Gasteiger charge is 2.16. The highest BCUT2D eigenvalue weighted by atomic mass is 19.1. The van der Waals surface area contributed by atoms with E-state index in [-0.39, 0.29) is 6.54 Å². The van der Waals surface area contributed by atoms with Crippen LogP contribution in [0.25, 0.3) is 0 Å². The molecule has 2 rings (SSSR count). The van der Waals surface area contributed by atoms with Crippen LogP contribution in [0.5, 0.6) is 0 Å². The number of nitro groups is 1. The third-order valence-electron chi connectivity index (χ3n) is 3.03. The highest BCUT2D eigenvalue weighted by Crippen LogP contribution is 2.25. The molecule has 21 heavy (non-hydrogen) atoms. The van der Waals surface area contributed by atoms with Gasteiger partial charge in [0.1, 0.15) is 5.69 Å². The normalized spacial score (nSPS) is 10.4. The van der Waals surface area contributed by atoms with E-state index in [2.05, 4.69) is 5.32 Å². The lowest BCUT2D eigenvalue weighted by atomic mass is 10.1. The number of halogens is 2. The fraction of sp³-hybridized carbons (Fsp3) is 0.143. The monoisotopic (exact) mass is 293 g/mol. The van der Waals surface area contributed by atoms with Gasteiger partial charge in [-0.25, -0.2) is 8.78 Å². The molecule has 0 aliphatic rings. The number of anilines is 1. The molecule has 0 aromatic heterocycles. The predicted octanol–water partition coefficient (Wildman–Crippen LogP) is 2.94. The van der Waals surface area contributed by atoms with E-state index in [0.29, 0.717) is 18.7 Å². The smallest absolute Gasteiger partial charge is 0.275 e. The zero-order valence-corrected chi connectivity index (χ0v) is 11.0. The molecule has 0 atom stereocenters. The Kier molecular flexibility index (Phi) is 4.44. The second kappa shape index (κ2) is 6.27. The minimum absolute atomic E-state index is 0.166. The molecule has 0 spiro atoms. The Morgan fingerprint density at radius 3 is 2.24 bits per heavy atom. The van der Waals surface area contributed by atoms with Crippen molar-refractivity contribution in [3.05, 3.63) is 69.3 Å². The van der Waals surface area contributed by atoms with Gasteiger partial charge >= 0.3 is 0 Å². The van der Waals surface area contributed by atoms with Crippen molar-refractivity contribution in [2.75, 3.05) is 5.32 Å². The third kappa shape index (κ3) is 3.32. The first kappa shape index (κ1) is 14.9. The van der Waals surface area contributed by atoms with E-state index >= 15 is 0 Å². The molecule has 2 aromatic carbocycles. The average molecular weight is 293 g/mol. The van der Waals surface area contributed by atoms with Crippen LogP contribution < -0.4 is 11.1 Å². The van der Waals surface area contributed by atoms with E-state index in [1.54, 1.807) is 12.1 Å². The SMILES string of the molecule is NCc1ccccc1CNc1c(F)cc([N+](=O)[O-])cc1F. The van der Waals surface area contributed by atoms with Crippen LogP contribution in [0, 0.1) is 21.7 Å². The summed E-state index contributed by atoms with van der Waals surface area (Å²) in [5, 5.41) is 13.1. The van der Waals surface area contributed by atoms with Gasteiger partial charge in [0.2, 0.25) is 0 Å². The van der Waals surface area contributed by atoms with Gasteiger partial charge in [0, 0.05) is 13.1 Å². The Balaban J connectivity index is 2.22. The first-order valence-corrected chi connectivity index (χ1v) is 6.17. The average Bonchev–Trinajstić information content (AvgIpc) is 2.46. The molecule has 5 nitrogen and oxygen atoms in total. The number of nitrogens with zero attached hydrogens (tertiary/aromatic N) is 1. The van der Waals surface area contributed by atoms with Gasteiger partial charge in [0.05, 0.1) is 17.1 Å². The maximum absolute atomic E-state index is 13.7. The zero-order chi connectivity index (χ0) is 15.4. The van der Waals surface area contributed by atoms with E-state index in [1.807, 2.05) is 12.1 Å². The molecular weight excluding hydrogens is 280 g/mol. The molecule has 3 N–H and O–H groups in total. The molecule has 0 aliphatic carbocycles. The van der Waals surface area contributed by atoms with Crippen molar-refractivity contribution in [1.82, 2.24) is 0 Å². The van der Waals surface area contributed by atoms with Gasteiger partial charge in [0.15, 0.2) is 11.6 Å². The maximum atomic E-state index is 13.7. The topological polar surface area (TPSA) is 81.2 Å². The summed E-state index contributed by atoms with van der Waals surface area (Å²) in [6.07, 6.45) is 0. The Bertz CT molecular complexity index is 654. The Labute approximate surface area is 119 Å². The van der Waals surface area contributed by atoms with E-state index < -0.39 is 27.9 Å². The molecule has 0 fully saturated rings. The Hall–Kier alpha value is -2.54. The van der Waals surface area contributed by atoms with Crippen molar-refractivity contribution in [3.8, 4) is 0 Å². The molecular formula is C14H13F2N3O2. The lowest BCUT2D eigenvalue weighted by molar-refractivity contribution is -0.385. The summed E-state index contributed by atoms with van der Waals surface area (Å²) in [7, 11) is 0. The molecule has 7 heteroatoms. The van der Waals surface area contributed by atoms with Crippen molar-refractivity contribution >= 4 is 11.4 Å². The molecule has 110 valence electrons. The largest absolute Gasteiger partial charge is 0.376 e. The van der Waals surface area contributed by atoms with Gasteiger partial charge in [-0.15, -0.1) is 0 Å². The minimum atomic E-state index is -1.01. The Morgan fingerprint density at radius 2 is 1.71 bits per heavy atom. The van der Waals surface area contributed by atoms with Gasteiger partial charge in [-0.1, -0.05) is 24.3 Å². The van der Waals surface area contributed by atoms with Gasteiger partial charge in [-0.05, 0) is 11.1 Å². The number of hydrogen-bond acceptors (Lipinski definition) is 4. The number of benzene rings is 2. The molecule has 0 aliphatic heterocycles. The van der Waals surface area contributed by atoms with Crippen LogP contribution in [0.1, 0.15) is 11.1 Å². The number of rotatable bonds is 5. The Morgan fingerprint density at radius 1 is 1.14 bits per heavy atom. The first-order valence-electron chi connectivity index (χ1n) is 6.17. The third-order valence-corrected chi connectivity index (χ3v) is 3.03. The van der Waals surface area contributed by atoms with Crippen molar-refractivity contribution in [2.24, 2.45) is 5.73 Å². The molecule has 0 saturated heterocycles. The maximum Gasteiger partial charge on any atom is 0.275 e. The van der Waals surface area contributed by atoms with Crippen LogP contribution in [0.15, 0.2) is 36.4 Å². The van der Waals surface area contributed by atoms with Crippen molar-refractivity contribution in [3.63, 3.8) is 0 Å². The summed E-state index contributed by atoms with van der Waals surface area (Å²) in [4.78, 5) is 9.67. The fourth-order valence-corrected chi connectivity index (χ4v) is 1.95. The number of nitrogens with two attached hydrogens (primary N) is 1. The quantitative estimate of drug-likeness (QED) is 0.656. The van der Waals surface area contributed by atoms with E-state index in [0.717, 1.165) is 11.1 Å². The van der Waals surface area contributed by atoms with Crippen molar-refractivity contribution < 1.29 is 13.7 Å². The number of hydrogen-bond donors (Lipinski definition) is 2. The van der Waals surface area contributed by atoms with Crippen molar-refractivity contribution in [1.29, 1.82) is 0 Å². The molecule has 0 unspecified atom stereocenters. The van der Waals surface area contributed by atoms with Crippen LogP contribution in [0.2, 0.25) is 0 Å². The van der Waals surface area contributed by atoms with Gasteiger partial charge < -0.3 is 11.1 Å². The fourth-order valence-electron chi connectivity index (χ4n) is 1.95. The summed E-state index contributed by atoms with van der Waals surface area (Å²) >= 11 is 0. The summed E-state index contributed by atoms with van der Waals surface area (Å²) < 4.78 is 27.4. The lowest BCUT2D eigenvalue weighted by Gasteiger charge is -2.11. The van der Waals surface area contributed by atoms with Crippen LogP contribution in [0.4, 0.5) is 20.2 Å². The number of nitrogens with one attached hydrogen (secondary N) is 1.